The summed E-state index contributed by atoms with van der Waals surface area (Å²) >= 11 is 3.47. The summed E-state index contributed by atoms with van der Waals surface area (Å²) in [6, 6.07) is 0. The molecule has 0 radical (unpaired) electrons. The number of hydrogen-bond donors (Lipinski definition) is 4. The largest absolute Gasteiger partial charge is 1.00 e. The average Bonchev–Trinajstić information content (AvgIpc) is 0.722. The van der Waals surface area contributed by atoms with Crippen molar-refractivity contribution in [2.75, 3.05) is 0 Å². The van der Waals surface area contributed by atoms with Gasteiger partial charge in [-0.1, -0.05) is 0 Å². The van der Waals surface area contributed by atoms with Crippen molar-refractivity contribution in [1.82, 2.24) is 12.3 Å². The molecule has 7 nitrogen and oxygen atoms in total. The van der Waals surface area contributed by atoms with Crippen LogP contribution in [0.5, 0.6) is 0 Å². The predicted molar refractivity (Wildman–Crippen MR) is 39.1 cm³/mol. The molecule has 10 heteroatoms. The smallest absolute Gasteiger partial charge is 1.00 e. The van der Waals surface area contributed by atoms with Gasteiger partial charge in [-0.2, -0.15) is 4.21 Å². The van der Waals surface area contributed by atoms with Crippen LogP contribution >= 0.6 is 0 Å². The van der Waals surface area contributed by atoms with Crippen LogP contribution in [0.1, 0.15) is 1.43 Å². The van der Waals surface area contributed by atoms with E-state index < -0.39 is 9.05 Å². The minimum absolute atomic E-state index is 0. The maximum atomic E-state index is 9.11. The molecule has 0 aliphatic carbocycles. The van der Waals surface area contributed by atoms with Crippen LogP contribution in [0.25, 0.3) is 0 Å². The molecular formula is H13N2NaO5S2. The van der Waals surface area contributed by atoms with Gasteiger partial charge in [-0.05, 0) is 0 Å². The Morgan fingerprint density at radius 1 is 1.20 bits per heavy atom. The Labute approximate surface area is 87.5 Å². The van der Waals surface area contributed by atoms with Gasteiger partial charge < -0.3 is 24.7 Å². The Morgan fingerprint density at radius 2 is 1.20 bits per heavy atom. The van der Waals surface area contributed by atoms with Crippen LogP contribution in [-0.4, -0.2) is 24.3 Å². The standard InChI is InChI=1S/2H3N.Na.H2O3S2.2H2O.H/c;;;1-5(2,3)4;;;/h2*1H3;;(H2,1,2,3,4);2*1H2;/q;;+1;;;;-1. The Morgan fingerprint density at radius 3 is 1.20 bits per heavy atom. The van der Waals surface area contributed by atoms with Crippen molar-refractivity contribution >= 4 is 20.2 Å². The molecule has 10 heavy (non-hydrogen) atoms. The second-order valence-electron chi connectivity index (χ2n) is 0.448. The van der Waals surface area contributed by atoms with Crippen molar-refractivity contribution in [1.29, 1.82) is 0 Å². The maximum absolute atomic E-state index is 9.11. The van der Waals surface area contributed by atoms with E-state index in [9.17, 15) is 0 Å². The van der Waals surface area contributed by atoms with Crippen LogP contribution in [0.4, 0.5) is 0 Å². The predicted octanol–water partition coefficient (Wildman–Crippen LogP) is -4.53. The van der Waals surface area contributed by atoms with Gasteiger partial charge in [0.15, 0.2) is 0 Å². The van der Waals surface area contributed by atoms with E-state index in [0.29, 0.717) is 0 Å². The molecule has 0 aromatic carbocycles. The van der Waals surface area contributed by atoms with Gasteiger partial charge in [-0.15, -0.1) is 0 Å². The summed E-state index contributed by atoms with van der Waals surface area (Å²) < 4.78 is 24.0. The molecule has 0 aromatic rings. The van der Waals surface area contributed by atoms with Crippen LogP contribution in [0.3, 0.4) is 0 Å². The second-order valence-corrected chi connectivity index (χ2v) is 2.65. The first-order valence-corrected chi connectivity index (χ1v) is 3.10. The fourth-order valence-electron chi connectivity index (χ4n) is 0. The first-order valence-electron chi connectivity index (χ1n) is 0.698. The molecule has 0 saturated heterocycles. The van der Waals surface area contributed by atoms with Gasteiger partial charge in [0.25, 0.3) is 9.05 Å². The first kappa shape index (κ1) is 43.4. The SMILES string of the molecule is N.N.O.O.O=S(O)(O)=S.[H-].[Na+]. The van der Waals surface area contributed by atoms with E-state index in [0.717, 1.165) is 0 Å². The Kier molecular flexibility index (Phi) is 72.1. The zero-order chi connectivity index (χ0) is 4.50. The van der Waals surface area contributed by atoms with E-state index >= 15 is 0 Å². The molecule has 12 N–H and O–H groups in total. The maximum Gasteiger partial charge on any atom is 1.00 e. The van der Waals surface area contributed by atoms with Crippen molar-refractivity contribution in [3.63, 3.8) is 0 Å². The molecule has 0 aliphatic rings. The fraction of sp³-hybridized carbons (Fsp3) is 0. The molecule has 0 unspecified atom stereocenters. The Hall–Kier alpha value is 1.13. The van der Waals surface area contributed by atoms with Crippen molar-refractivity contribution in [2.24, 2.45) is 0 Å². The topological polar surface area (TPSA) is 191 Å². The molecule has 0 aliphatic heterocycles. The van der Waals surface area contributed by atoms with Crippen molar-refractivity contribution in [3.05, 3.63) is 0 Å². The average molecular weight is 208 g/mol. The van der Waals surface area contributed by atoms with Crippen LogP contribution in [0, 0.1) is 0 Å². The van der Waals surface area contributed by atoms with Crippen molar-refractivity contribution < 1.29 is 55.3 Å². The van der Waals surface area contributed by atoms with E-state index in [1.807, 2.05) is 0 Å². The molecule has 0 aromatic heterocycles. The van der Waals surface area contributed by atoms with E-state index in [4.69, 9.17) is 13.3 Å². The quantitative estimate of drug-likeness (QED) is 0.289. The Bertz CT molecular complexity index is 106. The summed E-state index contributed by atoms with van der Waals surface area (Å²) in [4.78, 5) is 0. The molecule has 66 valence electrons. The normalized spacial score (nSPS) is 5.80. The van der Waals surface area contributed by atoms with Crippen molar-refractivity contribution in [3.8, 4) is 0 Å². The summed E-state index contributed by atoms with van der Waals surface area (Å²) in [5.41, 5.74) is 0. The molecular weight excluding hydrogens is 195 g/mol. The zero-order valence-corrected chi connectivity index (χ0v) is 9.17. The molecule has 0 amide bonds. The minimum Gasteiger partial charge on any atom is -1.00 e. The second kappa shape index (κ2) is 16.6. The third-order valence-electron chi connectivity index (χ3n) is 0. The van der Waals surface area contributed by atoms with Gasteiger partial charge >= 0.3 is 29.6 Å². The number of rotatable bonds is 0. The molecule has 0 rings (SSSR count). The van der Waals surface area contributed by atoms with Crippen molar-refractivity contribution in [2.45, 2.75) is 0 Å². The molecule has 0 bridgehead atoms. The summed E-state index contributed by atoms with van der Waals surface area (Å²) in [7, 11) is -3.83. The van der Waals surface area contributed by atoms with Crippen LogP contribution in [0.15, 0.2) is 0 Å². The third-order valence-corrected chi connectivity index (χ3v) is 0. The fourth-order valence-corrected chi connectivity index (χ4v) is 0. The monoisotopic (exact) mass is 208 g/mol. The molecule has 0 spiro atoms. The van der Waals surface area contributed by atoms with E-state index in [-0.39, 0.29) is 54.2 Å². The summed E-state index contributed by atoms with van der Waals surface area (Å²) in [5, 5.41) is 0. The first-order chi connectivity index (χ1) is 2.00. The van der Waals surface area contributed by atoms with E-state index in [2.05, 4.69) is 11.2 Å². The zero-order valence-electron chi connectivity index (χ0n) is 6.53. The molecule has 0 atom stereocenters. The van der Waals surface area contributed by atoms with E-state index in [1.165, 1.54) is 0 Å². The van der Waals surface area contributed by atoms with Crippen LogP contribution in [0.2, 0.25) is 0 Å². The third kappa shape index (κ3) is 473. The summed E-state index contributed by atoms with van der Waals surface area (Å²) in [6.07, 6.45) is 0. The number of hydrogen-bond acceptors (Lipinski definition) is 4. The van der Waals surface area contributed by atoms with E-state index in [1.54, 1.807) is 0 Å². The van der Waals surface area contributed by atoms with Gasteiger partial charge in [-0.3, -0.25) is 9.11 Å². The van der Waals surface area contributed by atoms with Crippen LogP contribution in [-0.2, 0) is 20.2 Å². The van der Waals surface area contributed by atoms with Gasteiger partial charge in [0.05, 0.1) is 0 Å². The van der Waals surface area contributed by atoms with Gasteiger partial charge in [0, 0.05) is 11.2 Å². The molecule has 0 heterocycles. The van der Waals surface area contributed by atoms with Crippen LogP contribution < -0.4 is 41.9 Å². The summed E-state index contributed by atoms with van der Waals surface area (Å²) in [6.45, 7) is 0. The Balaban J connectivity index is -0.00000000533. The summed E-state index contributed by atoms with van der Waals surface area (Å²) in [5.74, 6) is 0. The molecule has 0 fully saturated rings. The van der Waals surface area contributed by atoms with Gasteiger partial charge in [-0.25, -0.2) is 0 Å². The van der Waals surface area contributed by atoms with Gasteiger partial charge in [0.1, 0.15) is 0 Å². The molecule has 0 saturated carbocycles. The van der Waals surface area contributed by atoms with Gasteiger partial charge in [0.2, 0.25) is 0 Å². The minimum atomic E-state index is -3.83.